The van der Waals surface area contributed by atoms with Crippen molar-refractivity contribution in [1.82, 2.24) is 9.13 Å². The van der Waals surface area contributed by atoms with E-state index in [1.54, 1.807) is 0 Å². The molecule has 4 heteroatoms. The van der Waals surface area contributed by atoms with E-state index in [4.69, 9.17) is 0 Å². The smallest absolute Gasteiger partial charge is 0.0553 e. The first-order valence-corrected chi connectivity index (χ1v) is 26.5. The van der Waals surface area contributed by atoms with Gasteiger partial charge in [-0.1, -0.05) is 182 Å². The molecule has 0 amide bonds. The van der Waals surface area contributed by atoms with Gasteiger partial charge in [0.05, 0.1) is 22.1 Å². The van der Waals surface area contributed by atoms with Crippen molar-refractivity contribution in [2.24, 2.45) is 0 Å². The maximum absolute atomic E-state index is 3.59. The first-order chi connectivity index (χ1) is 38.7. The van der Waals surface area contributed by atoms with Crippen LogP contribution in [-0.2, 0) is 0 Å². The van der Waals surface area contributed by atoms with E-state index in [9.17, 15) is 0 Å². The number of hydrogen-bond donors (Lipinski definition) is 0. The number of benzene rings is 12. The Bertz CT molecular complexity index is 4130. The lowest BCUT2D eigenvalue weighted by molar-refractivity contribution is 1.18. The summed E-state index contributed by atoms with van der Waals surface area (Å²) in [6.45, 7) is 0. The molecule has 0 unspecified atom stereocenters. The number of anilines is 6. The van der Waals surface area contributed by atoms with Gasteiger partial charge in [-0.2, -0.15) is 0 Å². The van der Waals surface area contributed by atoms with Crippen LogP contribution in [0.4, 0.5) is 34.1 Å². The van der Waals surface area contributed by atoms with Gasteiger partial charge in [0.1, 0.15) is 0 Å². The van der Waals surface area contributed by atoms with Crippen LogP contribution in [0.15, 0.2) is 303 Å². The van der Waals surface area contributed by atoms with Crippen molar-refractivity contribution < 1.29 is 0 Å². The highest BCUT2D eigenvalue weighted by molar-refractivity contribution is 6.12. The summed E-state index contributed by atoms with van der Waals surface area (Å²) in [6.07, 6.45) is 0. The summed E-state index contributed by atoms with van der Waals surface area (Å²) in [7, 11) is 0. The third-order valence-corrected chi connectivity index (χ3v) is 14.9. The average Bonchev–Trinajstić information content (AvgIpc) is 4.26. The summed E-state index contributed by atoms with van der Waals surface area (Å²) >= 11 is 0. The second-order valence-corrected chi connectivity index (χ2v) is 19.6. The first-order valence-electron chi connectivity index (χ1n) is 26.5. The summed E-state index contributed by atoms with van der Waals surface area (Å²) in [4.78, 5) is 4.60. The highest BCUT2D eigenvalue weighted by Gasteiger charge is 2.18. The first kappa shape index (κ1) is 46.0. The molecule has 0 aliphatic carbocycles. The number of nitrogens with zero attached hydrogens (tertiary/aromatic N) is 4. The van der Waals surface area contributed by atoms with Crippen LogP contribution in [0.3, 0.4) is 0 Å². The Morgan fingerprint density at radius 2 is 0.474 bits per heavy atom. The number of hydrogen-bond acceptors (Lipinski definition) is 2. The van der Waals surface area contributed by atoms with Gasteiger partial charge in [-0.3, -0.25) is 0 Å². The second kappa shape index (κ2) is 19.9. The third-order valence-electron chi connectivity index (χ3n) is 14.9. The summed E-state index contributed by atoms with van der Waals surface area (Å²) in [5, 5.41) is 4.77. The predicted octanol–water partition coefficient (Wildman–Crippen LogP) is 19.6. The number of para-hydroxylation sites is 6. The molecule has 2 heterocycles. The fourth-order valence-corrected chi connectivity index (χ4v) is 11.2. The van der Waals surface area contributed by atoms with E-state index in [1.807, 2.05) is 0 Å². The topological polar surface area (TPSA) is 16.3 Å². The van der Waals surface area contributed by atoms with Gasteiger partial charge in [0.15, 0.2) is 0 Å². The van der Waals surface area contributed by atoms with Crippen molar-refractivity contribution >= 4 is 77.7 Å². The van der Waals surface area contributed by atoms with Gasteiger partial charge >= 0.3 is 0 Å². The van der Waals surface area contributed by atoms with Crippen molar-refractivity contribution in [1.29, 1.82) is 0 Å². The van der Waals surface area contributed by atoms with Gasteiger partial charge in [0.2, 0.25) is 0 Å². The molecule has 2 aromatic heterocycles. The predicted molar refractivity (Wildman–Crippen MR) is 328 cm³/mol. The fraction of sp³-hybridized carbons (Fsp3) is 0. The zero-order valence-electron chi connectivity index (χ0n) is 42.7. The van der Waals surface area contributed by atoms with E-state index in [1.165, 1.54) is 21.5 Å². The van der Waals surface area contributed by atoms with Crippen LogP contribution in [0.25, 0.3) is 77.2 Å². The van der Waals surface area contributed by atoms with Crippen molar-refractivity contribution in [2.45, 2.75) is 0 Å². The summed E-state index contributed by atoms with van der Waals surface area (Å²) < 4.78 is 4.77. The normalized spacial score (nSPS) is 11.2. The molecular weight excluding hydrogens is 945 g/mol. The average molecular weight is 995 g/mol. The molecule has 0 spiro atoms. The number of fused-ring (bicyclic) bond motifs is 6. The molecule has 0 aliphatic heterocycles. The zero-order chi connectivity index (χ0) is 51.8. The fourth-order valence-electron chi connectivity index (χ4n) is 11.2. The van der Waals surface area contributed by atoms with Gasteiger partial charge in [0.25, 0.3) is 0 Å². The molecule has 0 saturated heterocycles. The third kappa shape index (κ3) is 8.52. The molecule has 4 nitrogen and oxygen atoms in total. The summed E-state index contributed by atoms with van der Waals surface area (Å²) in [5.74, 6) is 7.19. The quantitative estimate of drug-likeness (QED) is 0.127. The van der Waals surface area contributed by atoms with Gasteiger partial charge < -0.3 is 18.9 Å². The molecule has 0 bridgehead atoms. The molecular formula is C74H50N4. The van der Waals surface area contributed by atoms with Crippen molar-refractivity contribution in [2.75, 3.05) is 9.80 Å². The van der Waals surface area contributed by atoms with Gasteiger partial charge in [-0.15, -0.1) is 0 Å². The molecule has 0 atom stereocenters. The molecule has 14 aromatic rings. The van der Waals surface area contributed by atoms with Crippen molar-refractivity contribution in [3.63, 3.8) is 0 Å². The molecule has 0 fully saturated rings. The lowest BCUT2D eigenvalue weighted by Gasteiger charge is -2.25. The van der Waals surface area contributed by atoms with Gasteiger partial charge in [-0.05, 0) is 156 Å². The highest BCUT2D eigenvalue weighted by Crippen LogP contribution is 2.41. The van der Waals surface area contributed by atoms with Crippen LogP contribution in [0.2, 0.25) is 0 Å². The maximum Gasteiger partial charge on any atom is 0.0553 e. The van der Waals surface area contributed by atoms with E-state index in [0.717, 1.165) is 101 Å². The van der Waals surface area contributed by atoms with Crippen LogP contribution in [0, 0.1) is 11.8 Å². The highest BCUT2D eigenvalue weighted by atomic mass is 15.1. The molecule has 0 radical (unpaired) electrons. The van der Waals surface area contributed by atoms with Crippen LogP contribution in [0.5, 0.6) is 0 Å². The Morgan fingerprint density at radius 1 is 0.218 bits per heavy atom. The Balaban J connectivity index is 0.813. The monoisotopic (exact) mass is 994 g/mol. The largest absolute Gasteiger partial charge is 0.311 e. The van der Waals surface area contributed by atoms with E-state index >= 15 is 0 Å². The van der Waals surface area contributed by atoms with Crippen LogP contribution in [-0.4, -0.2) is 9.13 Å². The molecule has 366 valence electrons. The number of rotatable bonds is 10. The standard InChI is InChI=1S/C74H50N4/c1-7-19-59(20-8-1)75(60-21-9-2-10-22-60)65-41-35-55(36-42-65)57-39-47-69-67-45-33-53(49-71(67)77(73(69)51-57)63-27-15-5-16-28-63)31-32-54-34-46-68-70-48-40-58(52-74(70)78(72(68)50-54)64-29-17-6-18-30-64)56-37-43-66(44-38-56)76(61-23-11-3-12-24-61)62-25-13-4-14-26-62/h1-30,33-52H. The summed E-state index contributed by atoms with van der Waals surface area (Å²) in [6, 6.07) is 108. The van der Waals surface area contributed by atoms with Crippen LogP contribution in [0.1, 0.15) is 11.1 Å². The Labute approximate surface area is 454 Å². The minimum atomic E-state index is 0.953. The molecule has 12 aromatic carbocycles. The van der Waals surface area contributed by atoms with Gasteiger partial charge in [-0.25, -0.2) is 0 Å². The zero-order valence-corrected chi connectivity index (χ0v) is 42.7. The minimum Gasteiger partial charge on any atom is -0.311 e. The van der Waals surface area contributed by atoms with Gasteiger partial charge in [0, 0.05) is 78.2 Å². The Kier molecular flexibility index (Phi) is 11.7. The number of aromatic nitrogens is 2. The molecule has 0 N–H and O–H groups in total. The van der Waals surface area contributed by atoms with Crippen LogP contribution < -0.4 is 9.80 Å². The second-order valence-electron chi connectivity index (χ2n) is 19.6. The Hall–Kier alpha value is -10.6. The summed E-state index contributed by atoms with van der Waals surface area (Å²) in [5.41, 5.74) is 19.9. The maximum atomic E-state index is 3.59. The van der Waals surface area contributed by atoms with Crippen molar-refractivity contribution in [3.05, 3.63) is 314 Å². The van der Waals surface area contributed by atoms with E-state index in [2.05, 4.69) is 334 Å². The molecule has 78 heavy (non-hydrogen) atoms. The molecule has 0 saturated carbocycles. The van der Waals surface area contributed by atoms with Crippen LogP contribution >= 0.6 is 0 Å². The Morgan fingerprint density at radius 3 is 0.795 bits per heavy atom. The molecule has 14 rings (SSSR count). The molecule has 0 aliphatic rings. The lowest BCUT2D eigenvalue weighted by Crippen LogP contribution is -2.09. The SMILES string of the molecule is C(#Cc1ccc2c3ccc(-c4ccc(N(c5ccccc5)c5ccccc5)cc4)cc3n(-c3ccccc3)c2c1)c1ccc2c3ccc(-c4ccc(N(c5ccccc5)c5ccccc5)cc4)cc3n(-c3ccccc3)c2c1. The lowest BCUT2D eigenvalue weighted by atomic mass is 10.0. The van der Waals surface area contributed by atoms with E-state index in [-0.39, 0.29) is 0 Å². The minimum absolute atomic E-state index is 0.953. The van der Waals surface area contributed by atoms with E-state index in [0.29, 0.717) is 0 Å². The van der Waals surface area contributed by atoms with Crippen molar-refractivity contribution in [3.8, 4) is 45.5 Å². The van der Waals surface area contributed by atoms with E-state index < -0.39 is 0 Å².